The number of hydrogen-bond donors (Lipinski definition) is 2. The molecule has 1 aliphatic heterocycles. The second-order valence-electron chi connectivity index (χ2n) is 4.58. The molecule has 3 nitrogen and oxygen atoms in total. The number of hydrogen-bond acceptors (Lipinski definition) is 1. The van der Waals surface area contributed by atoms with Crippen LogP contribution in [0.1, 0.15) is 17.2 Å². The van der Waals surface area contributed by atoms with Crippen LogP contribution in [0, 0.1) is 0 Å². The quantitative estimate of drug-likeness (QED) is 0.863. The predicted molar refractivity (Wildman–Crippen MR) is 83.0 cm³/mol. The monoisotopic (exact) mass is 328 g/mol. The molecule has 2 aromatic rings. The molecule has 0 saturated heterocycles. The van der Waals surface area contributed by atoms with Crippen molar-refractivity contribution in [1.82, 2.24) is 10.6 Å². The maximum atomic E-state index is 11.8. The van der Waals surface area contributed by atoms with E-state index in [0.717, 1.165) is 21.3 Å². The third-order valence-electron chi connectivity index (χ3n) is 3.16. The first kappa shape index (κ1) is 12.9. The largest absolute Gasteiger partial charge is 0.327 e. The van der Waals surface area contributed by atoms with E-state index in [0.29, 0.717) is 0 Å². The van der Waals surface area contributed by atoms with Crippen LogP contribution in [-0.4, -0.2) is 6.03 Å². The summed E-state index contributed by atoms with van der Waals surface area (Å²) in [5.74, 6) is 0. The highest BCUT2D eigenvalue weighted by Crippen LogP contribution is 2.25. The van der Waals surface area contributed by atoms with Crippen molar-refractivity contribution in [3.05, 3.63) is 76.3 Å². The summed E-state index contributed by atoms with van der Waals surface area (Å²) >= 11 is 3.45. The molecule has 2 aromatic carbocycles. The van der Waals surface area contributed by atoms with E-state index in [1.807, 2.05) is 60.7 Å². The minimum Gasteiger partial charge on any atom is -0.327 e. The molecule has 3 rings (SSSR count). The van der Waals surface area contributed by atoms with Crippen molar-refractivity contribution < 1.29 is 4.79 Å². The summed E-state index contributed by atoms with van der Waals surface area (Å²) < 4.78 is 0.998. The first-order valence-electron chi connectivity index (χ1n) is 6.32. The number of amides is 2. The van der Waals surface area contributed by atoms with Crippen molar-refractivity contribution in [3.8, 4) is 0 Å². The van der Waals surface area contributed by atoms with Crippen LogP contribution in [0.3, 0.4) is 0 Å². The molecule has 0 saturated carbocycles. The summed E-state index contributed by atoms with van der Waals surface area (Å²) in [6.07, 6.45) is 2.03. The Morgan fingerprint density at radius 1 is 1.00 bits per heavy atom. The number of rotatable bonds is 2. The van der Waals surface area contributed by atoms with Crippen molar-refractivity contribution in [2.45, 2.75) is 6.04 Å². The predicted octanol–water partition coefficient (Wildman–Crippen LogP) is 3.84. The van der Waals surface area contributed by atoms with Gasteiger partial charge in [-0.05, 0) is 29.3 Å². The fraction of sp³-hybridized carbons (Fsp3) is 0.0625. The van der Waals surface area contributed by atoms with Crippen LogP contribution in [0.4, 0.5) is 4.79 Å². The van der Waals surface area contributed by atoms with Gasteiger partial charge in [0.1, 0.15) is 0 Å². The first-order valence-corrected chi connectivity index (χ1v) is 7.12. The van der Waals surface area contributed by atoms with Gasteiger partial charge in [0, 0.05) is 10.2 Å². The van der Waals surface area contributed by atoms with Gasteiger partial charge in [0.15, 0.2) is 0 Å². The molecule has 0 fully saturated rings. The van der Waals surface area contributed by atoms with E-state index >= 15 is 0 Å². The summed E-state index contributed by atoms with van der Waals surface area (Å²) in [4.78, 5) is 11.8. The van der Waals surface area contributed by atoms with Gasteiger partial charge in [-0.25, -0.2) is 4.79 Å². The second kappa shape index (κ2) is 5.51. The number of urea groups is 1. The van der Waals surface area contributed by atoms with Crippen LogP contribution in [-0.2, 0) is 0 Å². The lowest BCUT2D eigenvalue weighted by Crippen LogP contribution is -2.40. The molecule has 0 aromatic heterocycles. The molecule has 2 N–H and O–H groups in total. The van der Waals surface area contributed by atoms with Gasteiger partial charge in [-0.2, -0.15) is 0 Å². The zero-order valence-electron chi connectivity index (χ0n) is 10.6. The molecule has 2 amide bonds. The molecule has 100 valence electrons. The maximum Gasteiger partial charge on any atom is 0.319 e. The Bertz CT molecular complexity index is 667. The van der Waals surface area contributed by atoms with Crippen molar-refractivity contribution in [2.24, 2.45) is 0 Å². The van der Waals surface area contributed by atoms with Crippen LogP contribution in [0.15, 0.2) is 65.1 Å². The van der Waals surface area contributed by atoms with E-state index in [2.05, 4.69) is 26.6 Å². The Hall–Kier alpha value is -2.07. The lowest BCUT2D eigenvalue weighted by atomic mass is 10.0. The maximum absolute atomic E-state index is 11.8. The van der Waals surface area contributed by atoms with E-state index in [9.17, 15) is 4.79 Å². The van der Waals surface area contributed by atoms with Crippen LogP contribution in [0.2, 0.25) is 0 Å². The normalized spacial score (nSPS) is 17.9. The Morgan fingerprint density at radius 2 is 1.80 bits per heavy atom. The summed E-state index contributed by atoms with van der Waals surface area (Å²) in [6, 6.07) is 17.5. The zero-order chi connectivity index (χ0) is 13.9. The molecule has 1 atom stereocenters. The average Bonchev–Trinajstić information content (AvgIpc) is 2.47. The van der Waals surface area contributed by atoms with Crippen molar-refractivity contribution in [3.63, 3.8) is 0 Å². The third-order valence-corrected chi connectivity index (χ3v) is 3.65. The van der Waals surface area contributed by atoms with Crippen LogP contribution in [0.5, 0.6) is 0 Å². The lowest BCUT2D eigenvalue weighted by Gasteiger charge is -2.24. The van der Waals surface area contributed by atoms with Gasteiger partial charge in [-0.3, -0.25) is 0 Å². The molecular formula is C16H13BrN2O. The van der Waals surface area contributed by atoms with Crippen molar-refractivity contribution in [2.75, 3.05) is 0 Å². The Kier molecular flexibility index (Phi) is 3.56. The van der Waals surface area contributed by atoms with Crippen molar-refractivity contribution >= 4 is 27.7 Å². The SMILES string of the molecule is O=C1NC(c2ccccc2)=CC(c2cccc(Br)c2)N1. The molecule has 0 aliphatic carbocycles. The van der Waals surface area contributed by atoms with E-state index in [1.54, 1.807) is 0 Å². The molecule has 0 radical (unpaired) electrons. The van der Waals surface area contributed by atoms with Crippen molar-refractivity contribution in [1.29, 1.82) is 0 Å². The molecule has 0 bridgehead atoms. The van der Waals surface area contributed by atoms with Gasteiger partial charge in [-0.1, -0.05) is 58.4 Å². The van der Waals surface area contributed by atoms with Gasteiger partial charge in [0.25, 0.3) is 0 Å². The highest BCUT2D eigenvalue weighted by molar-refractivity contribution is 9.10. The first-order chi connectivity index (χ1) is 9.72. The summed E-state index contributed by atoms with van der Waals surface area (Å²) in [5.41, 5.74) is 2.88. The minimum atomic E-state index is -0.184. The second-order valence-corrected chi connectivity index (χ2v) is 5.49. The minimum absolute atomic E-state index is 0.128. The third kappa shape index (κ3) is 2.75. The average molecular weight is 329 g/mol. The van der Waals surface area contributed by atoms with E-state index in [-0.39, 0.29) is 12.1 Å². The van der Waals surface area contributed by atoms with E-state index in [1.165, 1.54) is 0 Å². The van der Waals surface area contributed by atoms with Gasteiger partial charge < -0.3 is 10.6 Å². The summed E-state index contributed by atoms with van der Waals surface area (Å²) in [6.45, 7) is 0. The highest BCUT2D eigenvalue weighted by atomic mass is 79.9. The van der Waals surface area contributed by atoms with Crippen LogP contribution >= 0.6 is 15.9 Å². The Morgan fingerprint density at radius 3 is 2.55 bits per heavy atom. The summed E-state index contributed by atoms with van der Waals surface area (Å²) in [5, 5.41) is 5.76. The van der Waals surface area contributed by atoms with Gasteiger partial charge in [-0.15, -0.1) is 0 Å². The van der Waals surface area contributed by atoms with Crippen LogP contribution < -0.4 is 10.6 Å². The Labute approximate surface area is 125 Å². The molecule has 1 heterocycles. The highest BCUT2D eigenvalue weighted by Gasteiger charge is 2.20. The van der Waals surface area contributed by atoms with E-state index in [4.69, 9.17) is 0 Å². The molecule has 20 heavy (non-hydrogen) atoms. The zero-order valence-corrected chi connectivity index (χ0v) is 12.2. The Balaban J connectivity index is 1.98. The van der Waals surface area contributed by atoms with E-state index < -0.39 is 0 Å². The van der Waals surface area contributed by atoms with Gasteiger partial charge in [0.05, 0.1) is 6.04 Å². The smallest absolute Gasteiger partial charge is 0.319 e. The number of halogens is 1. The number of nitrogens with one attached hydrogen (secondary N) is 2. The molecule has 1 aliphatic rings. The number of carbonyl (C=O) groups is 1. The number of benzene rings is 2. The summed E-state index contributed by atoms with van der Waals surface area (Å²) in [7, 11) is 0. The van der Waals surface area contributed by atoms with Gasteiger partial charge in [0.2, 0.25) is 0 Å². The van der Waals surface area contributed by atoms with Gasteiger partial charge >= 0.3 is 6.03 Å². The topological polar surface area (TPSA) is 41.1 Å². The molecule has 4 heteroatoms. The molecule has 1 unspecified atom stereocenters. The standard InChI is InChI=1S/C16H13BrN2O/c17-13-8-4-7-12(9-13)15-10-14(18-16(20)19-15)11-5-2-1-3-6-11/h1-10,15H,(H2,18,19,20). The fourth-order valence-electron chi connectivity index (χ4n) is 2.22. The molecular weight excluding hydrogens is 316 g/mol. The number of carbonyl (C=O) groups excluding carboxylic acids is 1. The fourth-order valence-corrected chi connectivity index (χ4v) is 2.63. The lowest BCUT2D eigenvalue weighted by molar-refractivity contribution is 0.241. The molecule has 0 spiro atoms. The van der Waals surface area contributed by atoms with Crippen LogP contribution in [0.25, 0.3) is 5.70 Å².